The molecule has 0 saturated heterocycles. The smallest absolute Gasteiger partial charge is 0.279 e. The van der Waals surface area contributed by atoms with Gasteiger partial charge in [-0.05, 0) is 37.3 Å². The first-order valence-corrected chi connectivity index (χ1v) is 8.90. The van der Waals surface area contributed by atoms with Crippen LogP contribution in [0.1, 0.15) is 11.5 Å². The molecule has 8 heteroatoms. The largest absolute Gasteiger partial charge is 0.495 e. The van der Waals surface area contributed by atoms with E-state index >= 15 is 0 Å². The first-order valence-electron chi connectivity index (χ1n) is 8.52. The van der Waals surface area contributed by atoms with Crippen molar-refractivity contribution in [2.75, 3.05) is 39.6 Å². The molecule has 0 aliphatic carbocycles. The average molecular weight is 395 g/mol. The van der Waals surface area contributed by atoms with Gasteiger partial charge in [-0.3, -0.25) is 9.59 Å². The highest BCUT2D eigenvalue weighted by Gasteiger charge is 2.19. The molecule has 0 bridgehead atoms. The Bertz CT molecular complexity index is 806. The van der Waals surface area contributed by atoms with Crippen molar-refractivity contribution in [1.82, 2.24) is 4.90 Å². The Labute approximate surface area is 163 Å². The van der Waals surface area contributed by atoms with Gasteiger partial charge in [-0.25, -0.2) is 0 Å². The number of furan rings is 1. The van der Waals surface area contributed by atoms with Crippen LogP contribution >= 0.6 is 11.6 Å². The number of hydrogen-bond donors (Lipinski definition) is 2. The van der Waals surface area contributed by atoms with Gasteiger partial charge in [0.25, 0.3) is 11.8 Å². The molecule has 1 heterocycles. The van der Waals surface area contributed by atoms with Crippen LogP contribution in [0.25, 0.3) is 0 Å². The van der Waals surface area contributed by atoms with Gasteiger partial charge in [0.2, 0.25) is 0 Å². The van der Waals surface area contributed by atoms with Crippen LogP contribution < -0.4 is 15.0 Å². The monoisotopic (exact) mass is 394 g/mol. The number of nitrogens with one attached hydrogen (secondary N) is 2. The fraction of sp³-hybridized carbons (Fsp3) is 0.368. The maximum absolute atomic E-state index is 12.3. The molecule has 1 aromatic heterocycles. The Morgan fingerprint density at radius 1 is 1.26 bits per heavy atom. The topological polar surface area (TPSA) is 76.2 Å². The minimum atomic E-state index is -0.231. The second-order valence-electron chi connectivity index (χ2n) is 6.47. The van der Waals surface area contributed by atoms with Gasteiger partial charge < -0.3 is 24.3 Å². The summed E-state index contributed by atoms with van der Waals surface area (Å²) in [5.41, 5.74) is 0.499. The number of rotatable bonds is 8. The minimum absolute atomic E-state index is 0.0744. The van der Waals surface area contributed by atoms with Gasteiger partial charge in [-0.2, -0.15) is 0 Å². The standard InChI is InChI=1S/C19H24ClN3O4/c1-13-5-7-15(27-13)10-23(3)19(25)12-22(2)11-18(24)21-16-9-14(20)6-8-17(16)26-4/h5-9H,10-12H2,1-4H3,(H,21,24)/p+1. The summed E-state index contributed by atoms with van der Waals surface area (Å²) in [6.07, 6.45) is 0. The fourth-order valence-corrected chi connectivity index (χ4v) is 2.77. The molecule has 1 aromatic carbocycles. The maximum Gasteiger partial charge on any atom is 0.279 e. The van der Waals surface area contributed by atoms with E-state index in [2.05, 4.69) is 5.32 Å². The van der Waals surface area contributed by atoms with Gasteiger partial charge in [-0.15, -0.1) is 0 Å². The normalized spacial score (nSPS) is 11.7. The average Bonchev–Trinajstić information content (AvgIpc) is 2.99. The van der Waals surface area contributed by atoms with Crippen molar-refractivity contribution in [2.45, 2.75) is 13.5 Å². The molecule has 0 spiro atoms. The SMILES string of the molecule is COc1ccc(Cl)cc1NC(=O)C[NH+](C)CC(=O)N(C)Cc1ccc(C)o1. The third-order valence-corrected chi connectivity index (χ3v) is 4.20. The van der Waals surface area contributed by atoms with Crippen LogP contribution in [0.4, 0.5) is 5.69 Å². The number of aryl methyl sites for hydroxylation is 1. The zero-order valence-electron chi connectivity index (χ0n) is 16.0. The van der Waals surface area contributed by atoms with Crippen molar-refractivity contribution >= 4 is 29.1 Å². The van der Waals surface area contributed by atoms with Crippen LogP contribution in [0.2, 0.25) is 5.02 Å². The molecule has 7 nitrogen and oxygen atoms in total. The number of nitrogens with zero attached hydrogens (tertiary/aromatic N) is 1. The zero-order chi connectivity index (χ0) is 20.0. The molecule has 0 fully saturated rings. The number of benzene rings is 1. The molecular weight excluding hydrogens is 370 g/mol. The van der Waals surface area contributed by atoms with Crippen molar-refractivity contribution in [1.29, 1.82) is 0 Å². The van der Waals surface area contributed by atoms with Crippen molar-refractivity contribution in [3.63, 3.8) is 0 Å². The predicted octanol–water partition coefficient (Wildman–Crippen LogP) is 1.36. The number of carbonyl (C=O) groups excluding carboxylic acids is 2. The molecule has 0 aliphatic rings. The molecule has 2 rings (SSSR count). The van der Waals surface area contributed by atoms with E-state index in [4.69, 9.17) is 20.8 Å². The van der Waals surface area contributed by atoms with E-state index in [0.29, 0.717) is 23.0 Å². The molecule has 0 saturated carbocycles. The van der Waals surface area contributed by atoms with E-state index < -0.39 is 0 Å². The van der Waals surface area contributed by atoms with E-state index in [0.717, 1.165) is 16.4 Å². The lowest BCUT2D eigenvalue weighted by Crippen LogP contribution is -3.11. The first-order chi connectivity index (χ1) is 12.8. The molecule has 2 aromatic rings. The van der Waals surface area contributed by atoms with E-state index in [9.17, 15) is 9.59 Å². The number of carbonyl (C=O) groups is 2. The van der Waals surface area contributed by atoms with E-state index in [1.807, 2.05) is 19.1 Å². The molecule has 2 N–H and O–H groups in total. The molecule has 146 valence electrons. The second kappa shape index (κ2) is 9.43. The Balaban J connectivity index is 1.85. The van der Waals surface area contributed by atoms with Gasteiger partial charge >= 0.3 is 0 Å². The molecule has 27 heavy (non-hydrogen) atoms. The number of methoxy groups -OCH3 is 1. The highest BCUT2D eigenvalue weighted by molar-refractivity contribution is 6.31. The molecule has 1 unspecified atom stereocenters. The highest BCUT2D eigenvalue weighted by Crippen LogP contribution is 2.27. The Kier molecular flexibility index (Phi) is 7.27. The van der Waals surface area contributed by atoms with Crippen molar-refractivity contribution in [3.8, 4) is 5.75 Å². The van der Waals surface area contributed by atoms with Gasteiger partial charge in [0, 0.05) is 12.1 Å². The van der Waals surface area contributed by atoms with Gasteiger partial charge in [-0.1, -0.05) is 11.6 Å². The number of likely N-dealkylation sites (N-methyl/N-ethyl adjacent to an activating group) is 2. The molecule has 0 aliphatic heterocycles. The summed E-state index contributed by atoms with van der Waals surface area (Å²) in [5, 5.41) is 3.27. The van der Waals surface area contributed by atoms with Gasteiger partial charge in [0.05, 0.1) is 26.4 Å². The molecular formula is C19H25ClN3O4+. The number of hydrogen-bond acceptors (Lipinski definition) is 4. The first kappa shape index (κ1) is 20.8. The summed E-state index contributed by atoms with van der Waals surface area (Å²) in [4.78, 5) is 27.0. The number of ether oxygens (including phenoxy) is 1. The Hall–Kier alpha value is -2.51. The summed E-state index contributed by atoms with van der Waals surface area (Å²) >= 11 is 5.96. The molecule has 0 radical (unpaired) electrons. The summed E-state index contributed by atoms with van der Waals surface area (Å²) in [7, 11) is 5.02. The summed E-state index contributed by atoms with van der Waals surface area (Å²) < 4.78 is 10.7. The summed E-state index contributed by atoms with van der Waals surface area (Å²) in [6.45, 7) is 2.58. The molecule has 1 atom stereocenters. The Morgan fingerprint density at radius 3 is 2.63 bits per heavy atom. The van der Waals surface area contributed by atoms with Crippen LogP contribution in [0.5, 0.6) is 5.75 Å². The van der Waals surface area contributed by atoms with Crippen LogP contribution in [0.3, 0.4) is 0 Å². The van der Waals surface area contributed by atoms with Crippen molar-refractivity contribution in [3.05, 3.63) is 46.9 Å². The van der Waals surface area contributed by atoms with Crippen LogP contribution in [0.15, 0.2) is 34.7 Å². The number of amides is 2. The minimum Gasteiger partial charge on any atom is -0.495 e. The maximum atomic E-state index is 12.3. The van der Waals surface area contributed by atoms with Crippen molar-refractivity contribution < 1.29 is 23.6 Å². The van der Waals surface area contributed by atoms with E-state index in [-0.39, 0.29) is 24.9 Å². The number of quaternary nitrogens is 1. The predicted molar refractivity (Wildman–Crippen MR) is 103 cm³/mol. The third kappa shape index (κ3) is 6.30. The van der Waals surface area contributed by atoms with Crippen LogP contribution in [-0.4, -0.2) is 51.0 Å². The number of halogens is 1. The lowest BCUT2D eigenvalue weighted by Gasteiger charge is -2.19. The fourth-order valence-electron chi connectivity index (χ4n) is 2.59. The van der Waals surface area contributed by atoms with Gasteiger partial charge in [0.15, 0.2) is 13.1 Å². The lowest BCUT2D eigenvalue weighted by molar-refractivity contribution is -0.862. The Morgan fingerprint density at radius 2 is 2.00 bits per heavy atom. The van der Waals surface area contributed by atoms with Crippen LogP contribution in [0, 0.1) is 6.92 Å². The van der Waals surface area contributed by atoms with Crippen molar-refractivity contribution in [2.24, 2.45) is 0 Å². The zero-order valence-corrected chi connectivity index (χ0v) is 16.7. The number of anilines is 1. The van der Waals surface area contributed by atoms with E-state index in [1.54, 1.807) is 37.2 Å². The lowest BCUT2D eigenvalue weighted by atomic mass is 10.3. The summed E-state index contributed by atoms with van der Waals surface area (Å²) in [5.74, 6) is 1.75. The van der Waals surface area contributed by atoms with E-state index in [1.165, 1.54) is 7.11 Å². The third-order valence-electron chi connectivity index (χ3n) is 3.97. The van der Waals surface area contributed by atoms with Crippen LogP contribution in [-0.2, 0) is 16.1 Å². The summed E-state index contributed by atoms with van der Waals surface area (Å²) in [6, 6.07) is 8.70. The molecule has 2 amide bonds. The van der Waals surface area contributed by atoms with Gasteiger partial charge in [0.1, 0.15) is 17.3 Å². The second-order valence-corrected chi connectivity index (χ2v) is 6.90. The highest BCUT2D eigenvalue weighted by atomic mass is 35.5. The quantitative estimate of drug-likeness (QED) is 0.709.